The van der Waals surface area contributed by atoms with Gasteiger partial charge in [-0.3, -0.25) is 9.48 Å². The maximum atomic E-state index is 11.4. The van der Waals surface area contributed by atoms with Crippen LogP contribution >= 0.6 is 0 Å². The second kappa shape index (κ2) is 4.96. The van der Waals surface area contributed by atoms with Crippen molar-refractivity contribution in [2.45, 2.75) is 39.7 Å². The summed E-state index contributed by atoms with van der Waals surface area (Å²) in [6.07, 6.45) is 3.28. The van der Waals surface area contributed by atoms with E-state index < -0.39 is 0 Å². The van der Waals surface area contributed by atoms with Crippen molar-refractivity contribution in [1.29, 1.82) is 0 Å². The largest absolute Gasteiger partial charge is 0.349 e. The fourth-order valence-electron chi connectivity index (χ4n) is 1.56. The first-order chi connectivity index (χ1) is 7.06. The molecule has 0 saturated heterocycles. The number of carbonyl (C=O) groups is 1. The Morgan fingerprint density at radius 2 is 2.33 bits per heavy atom. The molecule has 1 heterocycles. The SMILES string of the molecule is CCCC(=O)NC(C)c1cnn(C)c1C. The second-order valence-electron chi connectivity index (χ2n) is 3.85. The molecule has 0 aliphatic rings. The Kier molecular flexibility index (Phi) is 3.88. The van der Waals surface area contributed by atoms with Crippen LogP contribution in [0.2, 0.25) is 0 Å². The van der Waals surface area contributed by atoms with Crippen LogP contribution in [-0.2, 0) is 11.8 Å². The third-order valence-electron chi connectivity index (χ3n) is 2.59. The van der Waals surface area contributed by atoms with Gasteiger partial charge in [-0.25, -0.2) is 0 Å². The summed E-state index contributed by atoms with van der Waals surface area (Å²) in [7, 11) is 1.90. The molecule has 0 bridgehead atoms. The summed E-state index contributed by atoms with van der Waals surface area (Å²) in [6.45, 7) is 5.99. The van der Waals surface area contributed by atoms with Gasteiger partial charge in [0, 0.05) is 24.7 Å². The first-order valence-corrected chi connectivity index (χ1v) is 5.34. The first kappa shape index (κ1) is 11.8. The van der Waals surface area contributed by atoms with E-state index in [0.717, 1.165) is 17.7 Å². The molecule has 0 aliphatic heterocycles. The number of carbonyl (C=O) groups excluding carboxylic acids is 1. The van der Waals surface area contributed by atoms with Gasteiger partial charge in [0.15, 0.2) is 0 Å². The minimum atomic E-state index is 0.0396. The van der Waals surface area contributed by atoms with E-state index in [0.29, 0.717) is 6.42 Å². The predicted octanol–water partition coefficient (Wildman–Crippen LogP) is 1.71. The van der Waals surface area contributed by atoms with E-state index in [1.807, 2.05) is 38.7 Å². The third-order valence-corrected chi connectivity index (χ3v) is 2.59. The van der Waals surface area contributed by atoms with Crippen LogP contribution in [0.4, 0.5) is 0 Å². The second-order valence-corrected chi connectivity index (χ2v) is 3.85. The molecule has 0 spiro atoms. The van der Waals surface area contributed by atoms with E-state index in [-0.39, 0.29) is 11.9 Å². The topological polar surface area (TPSA) is 46.9 Å². The lowest BCUT2D eigenvalue weighted by Gasteiger charge is -2.13. The van der Waals surface area contributed by atoms with Gasteiger partial charge in [-0.05, 0) is 20.3 Å². The Labute approximate surface area is 90.7 Å². The zero-order chi connectivity index (χ0) is 11.4. The van der Waals surface area contributed by atoms with E-state index in [2.05, 4.69) is 10.4 Å². The lowest BCUT2D eigenvalue weighted by Crippen LogP contribution is -2.26. The van der Waals surface area contributed by atoms with Gasteiger partial charge in [-0.15, -0.1) is 0 Å². The number of hydrogen-bond acceptors (Lipinski definition) is 2. The molecule has 0 saturated carbocycles. The summed E-state index contributed by atoms with van der Waals surface area (Å²) >= 11 is 0. The van der Waals surface area contributed by atoms with Crippen LogP contribution in [0, 0.1) is 6.92 Å². The van der Waals surface area contributed by atoms with Gasteiger partial charge in [-0.2, -0.15) is 5.10 Å². The number of nitrogens with one attached hydrogen (secondary N) is 1. The lowest BCUT2D eigenvalue weighted by atomic mass is 10.1. The fraction of sp³-hybridized carbons (Fsp3) is 0.636. The van der Waals surface area contributed by atoms with Crippen LogP contribution in [-0.4, -0.2) is 15.7 Å². The van der Waals surface area contributed by atoms with E-state index in [9.17, 15) is 4.79 Å². The van der Waals surface area contributed by atoms with Gasteiger partial charge >= 0.3 is 0 Å². The lowest BCUT2D eigenvalue weighted by molar-refractivity contribution is -0.121. The summed E-state index contributed by atoms with van der Waals surface area (Å²) in [6, 6.07) is 0.0396. The standard InChI is InChI=1S/C11H19N3O/c1-5-6-11(15)13-8(2)10-7-12-14(4)9(10)3/h7-8H,5-6H2,1-4H3,(H,13,15). The van der Waals surface area contributed by atoms with Crippen molar-refractivity contribution in [3.05, 3.63) is 17.5 Å². The summed E-state index contributed by atoms with van der Waals surface area (Å²) < 4.78 is 1.82. The Hall–Kier alpha value is -1.32. The minimum absolute atomic E-state index is 0.0396. The van der Waals surface area contributed by atoms with E-state index in [1.54, 1.807) is 0 Å². The number of aromatic nitrogens is 2. The van der Waals surface area contributed by atoms with E-state index >= 15 is 0 Å². The highest BCUT2D eigenvalue weighted by Crippen LogP contribution is 2.15. The number of amides is 1. The molecule has 1 amide bonds. The fourth-order valence-corrected chi connectivity index (χ4v) is 1.56. The molecule has 0 radical (unpaired) electrons. The monoisotopic (exact) mass is 209 g/mol. The Balaban J connectivity index is 2.65. The number of nitrogens with zero attached hydrogens (tertiary/aromatic N) is 2. The molecule has 4 heteroatoms. The van der Waals surface area contributed by atoms with Crippen molar-refractivity contribution in [1.82, 2.24) is 15.1 Å². The van der Waals surface area contributed by atoms with Crippen molar-refractivity contribution in [3.8, 4) is 0 Å². The average molecular weight is 209 g/mol. The quantitative estimate of drug-likeness (QED) is 0.820. The Morgan fingerprint density at radius 1 is 1.67 bits per heavy atom. The number of hydrogen-bond donors (Lipinski definition) is 1. The zero-order valence-corrected chi connectivity index (χ0v) is 9.87. The molecule has 1 rings (SSSR count). The first-order valence-electron chi connectivity index (χ1n) is 5.34. The van der Waals surface area contributed by atoms with Crippen molar-refractivity contribution >= 4 is 5.91 Å². The van der Waals surface area contributed by atoms with Gasteiger partial charge in [0.25, 0.3) is 0 Å². The van der Waals surface area contributed by atoms with Crippen LogP contribution in [0.25, 0.3) is 0 Å². The van der Waals surface area contributed by atoms with Crippen LogP contribution in [0.5, 0.6) is 0 Å². The van der Waals surface area contributed by atoms with Gasteiger partial charge < -0.3 is 5.32 Å². The molecule has 4 nitrogen and oxygen atoms in total. The van der Waals surface area contributed by atoms with Gasteiger partial charge in [0.05, 0.1) is 12.2 Å². The summed E-state index contributed by atoms with van der Waals surface area (Å²) in [5.41, 5.74) is 2.18. The minimum Gasteiger partial charge on any atom is -0.349 e. The van der Waals surface area contributed by atoms with Crippen LogP contribution in [0.3, 0.4) is 0 Å². The number of rotatable bonds is 4. The van der Waals surface area contributed by atoms with Crippen molar-refractivity contribution in [3.63, 3.8) is 0 Å². The molecule has 15 heavy (non-hydrogen) atoms. The Morgan fingerprint density at radius 3 is 2.80 bits per heavy atom. The maximum Gasteiger partial charge on any atom is 0.220 e. The highest BCUT2D eigenvalue weighted by atomic mass is 16.1. The zero-order valence-electron chi connectivity index (χ0n) is 9.87. The molecule has 0 aliphatic carbocycles. The highest BCUT2D eigenvalue weighted by Gasteiger charge is 2.13. The predicted molar refractivity (Wildman–Crippen MR) is 59.4 cm³/mol. The smallest absolute Gasteiger partial charge is 0.220 e. The van der Waals surface area contributed by atoms with Crippen molar-refractivity contribution in [2.75, 3.05) is 0 Å². The molecule has 1 aromatic heterocycles. The third kappa shape index (κ3) is 2.81. The molecule has 0 fully saturated rings. The molecule has 0 aromatic carbocycles. The van der Waals surface area contributed by atoms with Crippen LogP contribution in [0.15, 0.2) is 6.20 Å². The highest BCUT2D eigenvalue weighted by molar-refractivity contribution is 5.76. The van der Waals surface area contributed by atoms with Crippen LogP contribution < -0.4 is 5.32 Å². The summed E-state index contributed by atoms with van der Waals surface area (Å²) in [5, 5.41) is 7.11. The maximum absolute atomic E-state index is 11.4. The van der Waals surface area contributed by atoms with Crippen molar-refractivity contribution < 1.29 is 4.79 Å². The Bertz CT molecular complexity index is 344. The molecule has 1 unspecified atom stereocenters. The van der Waals surface area contributed by atoms with Gasteiger partial charge in [-0.1, -0.05) is 6.92 Å². The van der Waals surface area contributed by atoms with E-state index in [4.69, 9.17) is 0 Å². The van der Waals surface area contributed by atoms with Crippen LogP contribution in [0.1, 0.15) is 44.0 Å². The number of aryl methyl sites for hydroxylation is 1. The molecule has 1 atom stereocenters. The molecular weight excluding hydrogens is 190 g/mol. The summed E-state index contributed by atoms with van der Waals surface area (Å²) in [4.78, 5) is 11.4. The normalized spacial score (nSPS) is 12.5. The summed E-state index contributed by atoms with van der Waals surface area (Å²) in [5.74, 6) is 0.105. The van der Waals surface area contributed by atoms with Gasteiger partial charge in [0.1, 0.15) is 0 Å². The average Bonchev–Trinajstić information content (AvgIpc) is 2.48. The molecular formula is C11H19N3O. The molecule has 1 aromatic rings. The van der Waals surface area contributed by atoms with Crippen molar-refractivity contribution in [2.24, 2.45) is 7.05 Å². The molecule has 1 N–H and O–H groups in total. The van der Waals surface area contributed by atoms with Gasteiger partial charge in [0.2, 0.25) is 5.91 Å². The molecule has 84 valence electrons. The van der Waals surface area contributed by atoms with E-state index in [1.165, 1.54) is 0 Å².